The van der Waals surface area contributed by atoms with Crippen LogP contribution in [0.3, 0.4) is 0 Å². The van der Waals surface area contributed by atoms with Gasteiger partial charge in [-0.05, 0) is 57.9 Å². The van der Waals surface area contributed by atoms with Crippen LogP contribution in [0.4, 0.5) is 0 Å². The molecule has 0 amide bonds. The van der Waals surface area contributed by atoms with Gasteiger partial charge in [-0.15, -0.1) is 22.7 Å². The lowest BCUT2D eigenvalue weighted by molar-refractivity contribution is 0.702. The van der Waals surface area contributed by atoms with Crippen molar-refractivity contribution >= 4 is 87.2 Å². The fraction of sp³-hybridized carbons (Fsp3) is 0. The molecule has 0 aliphatic heterocycles. The minimum atomic E-state index is 1.16. The molecular formula is C16H10Br2OS3. The minimum Gasteiger partial charge on any atom is -0.197 e. The van der Waals surface area contributed by atoms with Gasteiger partial charge in [0.15, 0.2) is 12.5 Å². The molecule has 6 heteroatoms. The van der Waals surface area contributed by atoms with E-state index in [1.54, 1.807) is 22.7 Å². The molecule has 0 saturated carbocycles. The van der Waals surface area contributed by atoms with Gasteiger partial charge in [0.25, 0.3) is 0 Å². The van der Waals surface area contributed by atoms with E-state index >= 15 is 0 Å². The second-order valence-electron chi connectivity index (χ2n) is 4.21. The van der Waals surface area contributed by atoms with E-state index in [9.17, 15) is 0 Å². The van der Waals surface area contributed by atoms with Crippen molar-refractivity contribution in [3.63, 3.8) is 0 Å². The third-order valence-electron chi connectivity index (χ3n) is 2.84. The zero-order valence-corrected chi connectivity index (χ0v) is 16.8. The van der Waals surface area contributed by atoms with E-state index in [1.807, 2.05) is 0 Å². The van der Waals surface area contributed by atoms with Gasteiger partial charge >= 0.3 is 0 Å². The zero-order chi connectivity index (χ0) is 15.9. The average molecular weight is 474 g/mol. The van der Waals surface area contributed by atoms with E-state index in [1.165, 1.54) is 20.2 Å². The lowest BCUT2D eigenvalue weighted by Crippen LogP contribution is -1.61. The van der Waals surface area contributed by atoms with Crippen molar-refractivity contribution in [3.05, 3.63) is 68.2 Å². The normalized spacial score (nSPS) is 9.73. The first-order chi connectivity index (χ1) is 10.7. The highest BCUT2D eigenvalue weighted by Gasteiger charge is 1.93. The Hall–Kier alpha value is -0.660. The molecule has 4 aromatic rings. The molecule has 2 heterocycles. The molecule has 0 bridgehead atoms. The van der Waals surface area contributed by atoms with E-state index in [4.69, 9.17) is 4.21 Å². The van der Waals surface area contributed by atoms with Crippen LogP contribution >= 0.6 is 54.5 Å². The SMILES string of the molecule is Brc1ccc2ccsc2c1.Brc1ccc2ccsc2c1.O=S. The molecule has 0 aliphatic rings. The van der Waals surface area contributed by atoms with Crippen molar-refractivity contribution in [2.24, 2.45) is 0 Å². The molecule has 0 unspecified atom stereocenters. The van der Waals surface area contributed by atoms with Crippen LogP contribution in [0, 0.1) is 0 Å². The summed E-state index contributed by atoms with van der Waals surface area (Å²) in [6.07, 6.45) is 0. The topological polar surface area (TPSA) is 17.1 Å². The Labute approximate surface area is 158 Å². The maximum Gasteiger partial charge on any atom is 0.197 e. The Morgan fingerprint density at radius 1 is 0.682 bits per heavy atom. The lowest BCUT2D eigenvalue weighted by Gasteiger charge is -1.88. The van der Waals surface area contributed by atoms with Crippen LogP contribution in [0.5, 0.6) is 0 Å². The van der Waals surface area contributed by atoms with Gasteiger partial charge < -0.3 is 0 Å². The third-order valence-corrected chi connectivity index (χ3v) is 5.58. The largest absolute Gasteiger partial charge is 0.197 e. The van der Waals surface area contributed by atoms with Crippen molar-refractivity contribution in [2.75, 3.05) is 0 Å². The maximum absolute atomic E-state index is 7.83. The molecule has 2 aromatic carbocycles. The summed E-state index contributed by atoms with van der Waals surface area (Å²) in [5, 5.41) is 6.87. The van der Waals surface area contributed by atoms with Crippen LogP contribution in [-0.4, -0.2) is 4.21 Å². The standard InChI is InChI=1S/2C8H5BrS.OS/c2*9-7-2-1-6-3-4-10-8(6)5-7;1-2/h2*1-5H;. The number of rotatable bonds is 0. The van der Waals surface area contributed by atoms with Gasteiger partial charge in [-0.3, -0.25) is 0 Å². The molecule has 0 saturated heterocycles. The third kappa shape index (κ3) is 4.67. The first kappa shape index (κ1) is 17.7. The van der Waals surface area contributed by atoms with E-state index in [0.717, 1.165) is 8.95 Å². The van der Waals surface area contributed by atoms with E-state index in [-0.39, 0.29) is 0 Å². The predicted octanol–water partition coefficient (Wildman–Crippen LogP) is 6.99. The second kappa shape index (κ2) is 8.84. The number of fused-ring (bicyclic) bond motifs is 2. The quantitative estimate of drug-likeness (QED) is 0.273. The Bertz CT molecular complexity index is 798. The zero-order valence-electron chi connectivity index (χ0n) is 11.2. The number of benzene rings is 2. The molecule has 0 N–H and O–H groups in total. The smallest absolute Gasteiger partial charge is 0.197 e. The number of halogens is 2. The van der Waals surface area contributed by atoms with Crippen molar-refractivity contribution in [1.29, 1.82) is 0 Å². The van der Waals surface area contributed by atoms with Gasteiger partial charge in [-0.1, -0.05) is 44.0 Å². The van der Waals surface area contributed by atoms with Crippen molar-refractivity contribution < 1.29 is 4.21 Å². The second-order valence-corrected chi connectivity index (χ2v) is 7.93. The minimum absolute atomic E-state index is 1.16. The van der Waals surface area contributed by atoms with Crippen molar-refractivity contribution in [1.82, 2.24) is 0 Å². The lowest BCUT2D eigenvalue weighted by atomic mass is 10.3. The van der Waals surface area contributed by atoms with Crippen LogP contribution in [-0.2, 0) is 12.5 Å². The predicted molar refractivity (Wildman–Crippen MR) is 107 cm³/mol. The average Bonchev–Trinajstić information content (AvgIpc) is 3.17. The van der Waals surface area contributed by atoms with Gasteiger partial charge in [-0.25, -0.2) is 0 Å². The van der Waals surface area contributed by atoms with Crippen molar-refractivity contribution in [3.8, 4) is 0 Å². The van der Waals surface area contributed by atoms with Crippen molar-refractivity contribution in [2.45, 2.75) is 0 Å². The van der Waals surface area contributed by atoms with Crippen LogP contribution in [0.25, 0.3) is 20.2 Å². The number of hydrogen-bond acceptors (Lipinski definition) is 4. The molecule has 22 heavy (non-hydrogen) atoms. The summed E-state index contributed by atoms with van der Waals surface area (Å²) in [6.45, 7) is 0. The summed E-state index contributed by atoms with van der Waals surface area (Å²) < 4.78 is 12.8. The van der Waals surface area contributed by atoms with Crippen LogP contribution in [0.1, 0.15) is 0 Å². The van der Waals surface area contributed by atoms with Gasteiger partial charge in [0, 0.05) is 18.3 Å². The van der Waals surface area contributed by atoms with E-state index in [0.29, 0.717) is 0 Å². The summed E-state index contributed by atoms with van der Waals surface area (Å²) in [5.74, 6) is 0. The highest BCUT2D eigenvalue weighted by molar-refractivity contribution is 9.10. The molecule has 0 atom stereocenters. The first-order valence-electron chi connectivity index (χ1n) is 6.14. The van der Waals surface area contributed by atoms with E-state index < -0.39 is 0 Å². The summed E-state index contributed by atoms with van der Waals surface area (Å²) in [7, 11) is 0. The Balaban J connectivity index is 0.000000144. The first-order valence-corrected chi connectivity index (χ1v) is 9.82. The molecule has 2 aromatic heterocycles. The van der Waals surface area contributed by atoms with Gasteiger partial charge in [-0.2, -0.15) is 4.21 Å². The Morgan fingerprint density at radius 2 is 1.09 bits per heavy atom. The van der Waals surface area contributed by atoms with E-state index in [2.05, 4.69) is 104 Å². The maximum atomic E-state index is 7.83. The summed E-state index contributed by atoms with van der Waals surface area (Å²) in [5.41, 5.74) is 0. The summed E-state index contributed by atoms with van der Waals surface area (Å²) in [6, 6.07) is 16.9. The van der Waals surface area contributed by atoms with Gasteiger partial charge in [0.05, 0.1) is 0 Å². The molecule has 4 rings (SSSR count). The molecule has 1 nitrogen and oxygen atoms in total. The molecule has 0 aliphatic carbocycles. The highest BCUT2D eigenvalue weighted by Crippen LogP contribution is 2.24. The highest BCUT2D eigenvalue weighted by atomic mass is 79.9. The fourth-order valence-corrected chi connectivity index (χ4v) is 4.54. The fourth-order valence-electron chi connectivity index (χ4n) is 1.86. The Morgan fingerprint density at radius 3 is 1.50 bits per heavy atom. The molecular weight excluding hydrogens is 464 g/mol. The molecule has 0 spiro atoms. The van der Waals surface area contributed by atoms with Crippen LogP contribution < -0.4 is 0 Å². The van der Waals surface area contributed by atoms with Gasteiger partial charge in [0.2, 0.25) is 0 Å². The van der Waals surface area contributed by atoms with Crippen LogP contribution in [0.15, 0.2) is 68.2 Å². The summed E-state index contributed by atoms with van der Waals surface area (Å²) >= 11 is 13.2. The van der Waals surface area contributed by atoms with Gasteiger partial charge in [0.1, 0.15) is 0 Å². The molecule has 0 radical (unpaired) electrons. The molecule has 112 valence electrons. The number of hydrogen-bond donors (Lipinski definition) is 0. The monoisotopic (exact) mass is 472 g/mol. The molecule has 0 fully saturated rings. The Kier molecular flexibility index (Phi) is 7.11. The van der Waals surface area contributed by atoms with Crippen LogP contribution in [0.2, 0.25) is 0 Å². The summed E-state index contributed by atoms with van der Waals surface area (Å²) in [4.78, 5) is 0. The number of thiophene rings is 2.